The number of rotatable bonds is 5. The smallest absolute Gasteiger partial charge is 0.225 e. The van der Waals surface area contributed by atoms with Crippen LogP contribution in [0.1, 0.15) is 24.8 Å². The molecule has 0 spiro atoms. The molecule has 5 nitrogen and oxygen atoms in total. The Morgan fingerprint density at radius 2 is 2.29 bits per heavy atom. The van der Waals surface area contributed by atoms with E-state index in [-0.39, 0.29) is 5.91 Å². The minimum absolute atomic E-state index is 0.0716. The summed E-state index contributed by atoms with van der Waals surface area (Å²) in [5.74, 6) is 0.0716. The van der Waals surface area contributed by atoms with E-state index in [9.17, 15) is 4.79 Å². The van der Waals surface area contributed by atoms with Crippen molar-refractivity contribution in [3.8, 4) is 0 Å². The number of hydrogen-bond donors (Lipinski definition) is 2. The number of amides is 1. The lowest BCUT2D eigenvalue weighted by molar-refractivity contribution is -0.116. The Morgan fingerprint density at radius 3 is 3.05 bits per heavy atom. The van der Waals surface area contributed by atoms with Crippen molar-refractivity contribution in [2.45, 2.75) is 31.8 Å². The molecule has 1 aromatic heterocycles. The average Bonchev–Trinajstić information content (AvgIpc) is 3.14. The first-order valence-electron chi connectivity index (χ1n) is 7.40. The molecule has 1 saturated heterocycles. The van der Waals surface area contributed by atoms with Gasteiger partial charge in [0.25, 0.3) is 0 Å². The monoisotopic (exact) mass is 284 g/mol. The second-order valence-corrected chi connectivity index (χ2v) is 5.41. The van der Waals surface area contributed by atoms with E-state index in [0.29, 0.717) is 19.0 Å². The highest BCUT2D eigenvalue weighted by molar-refractivity contribution is 5.91. The zero-order valence-electron chi connectivity index (χ0n) is 12.0. The van der Waals surface area contributed by atoms with Gasteiger partial charge in [0.1, 0.15) is 0 Å². The van der Waals surface area contributed by atoms with E-state index in [1.807, 2.05) is 41.2 Å². The SMILES string of the molecule is O=C(CC1CCCN1)Nc1ccccc1Cn1cccn1. The molecule has 0 aliphatic carbocycles. The number of carbonyl (C=O) groups excluding carboxylic acids is 1. The standard InChI is InChI=1S/C16H20N4O/c21-16(11-14-6-3-8-17-14)19-15-7-2-1-5-13(15)12-20-10-4-9-18-20/h1-2,4-5,7,9-10,14,17H,3,6,8,11-12H2,(H,19,21). The fourth-order valence-corrected chi connectivity index (χ4v) is 2.70. The topological polar surface area (TPSA) is 59.0 Å². The van der Waals surface area contributed by atoms with Crippen molar-refractivity contribution in [2.24, 2.45) is 0 Å². The Kier molecular flexibility index (Phi) is 4.31. The van der Waals surface area contributed by atoms with E-state index in [2.05, 4.69) is 15.7 Å². The summed E-state index contributed by atoms with van der Waals surface area (Å²) < 4.78 is 1.85. The molecule has 1 aromatic carbocycles. The van der Waals surface area contributed by atoms with E-state index in [4.69, 9.17) is 0 Å². The molecule has 21 heavy (non-hydrogen) atoms. The van der Waals surface area contributed by atoms with Gasteiger partial charge in [-0.15, -0.1) is 0 Å². The first-order valence-corrected chi connectivity index (χ1v) is 7.40. The third kappa shape index (κ3) is 3.70. The lowest BCUT2D eigenvalue weighted by atomic mass is 10.1. The molecule has 5 heteroatoms. The molecule has 2 heterocycles. The molecule has 0 radical (unpaired) electrons. The molecule has 2 aromatic rings. The maximum Gasteiger partial charge on any atom is 0.225 e. The van der Waals surface area contributed by atoms with Crippen molar-refractivity contribution in [2.75, 3.05) is 11.9 Å². The number of benzene rings is 1. The predicted molar refractivity (Wildman–Crippen MR) is 82.0 cm³/mol. The van der Waals surface area contributed by atoms with Crippen molar-refractivity contribution in [3.05, 3.63) is 48.3 Å². The highest BCUT2D eigenvalue weighted by Gasteiger charge is 2.18. The predicted octanol–water partition coefficient (Wildman–Crippen LogP) is 2.01. The van der Waals surface area contributed by atoms with Crippen LogP contribution in [0.4, 0.5) is 5.69 Å². The molecule has 3 rings (SSSR count). The lowest BCUT2D eigenvalue weighted by Gasteiger charge is -2.13. The van der Waals surface area contributed by atoms with Crippen LogP contribution < -0.4 is 10.6 Å². The number of aromatic nitrogens is 2. The van der Waals surface area contributed by atoms with Gasteiger partial charge in [0.15, 0.2) is 0 Å². The quantitative estimate of drug-likeness (QED) is 0.883. The van der Waals surface area contributed by atoms with Gasteiger partial charge in [0.2, 0.25) is 5.91 Å². The average molecular weight is 284 g/mol. The molecular weight excluding hydrogens is 264 g/mol. The van der Waals surface area contributed by atoms with E-state index in [0.717, 1.165) is 30.6 Å². The van der Waals surface area contributed by atoms with Gasteiger partial charge in [-0.25, -0.2) is 0 Å². The summed E-state index contributed by atoms with van der Waals surface area (Å²) in [6.45, 7) is 1.68. The van der Waals surface area contributed by atoms with Crippen LogP contribution in [0.5, 0.6) is 0 Å². The van der Waals surface area contributed by atoms with Gasteiger partial charge in [-0.3, -0.25) is 9.48 Å². The summed E-state index contributed by atoms with van der Waals surface area (Å²) in [5, 5.41) is 10.6. The Morgan fingerprint density at radius 1 is 1.38 bits per heavy atom. The molecule has 0 saturated carbocycles. The summed E-state index contributed by atoms with van der Waals surface area (Å²) >= 11 is 0. The van der Waals surface area contributed by atoms with Crippen LogP contribution in [0, 0.1) is 0 Å². The normalized spacial score (nSPS) is 17.8. The van der Waals surface area contributed by atoms with Crippen LogP contribution in [0.2, 0.25) is 0 Å². The van der Waals surface area contributed by atoms with Crippen molar-refractivity contribution >= 4 is 11.6 Å². The number of para-hydroxylation sites is 1. The fourth-order valence-electron chi connectivity index (χ4n) is 2.70. The van der Waals surface area contributed by atoms with Gasteiger partial charge in [-0.05, 0) is 37.1 Å². The number of nitrogens with zero attached hydrogens (tertiary/aromatic N) is 2. The summed E-state index contributed by atoms with van der Waals surface area (Å²) in [6.07, 6.45) is 6.46. The van der Waals surface area contributed by atoms with Gasteiger partial charge < -0.3 is 10.6 Å². The molecule has 1 fully saturated rings. The van der Waals surface area contributed by atoms with E-state index in [1.165, 1.54) is 0 Å². The number of nitrogens with one attached hydrogen (secondary N) is 2. The van der Waals surface area contributed by atoms with Crippen molar-refractivity contribution in [3.63, 3.8) is 0 Å². The third-order valence-electron chi connectivity index (χ3n) is 3.78. The van der Waals surface area contributed by atoms with Crippen LogP contribution >= 0.6 is 0 Å². The van der Waals surface area contributed by atoms with Crippen LogP contribution in [0.25, 0.3) is 0 Å². The number of hydrogen-bond acceptors (Lipinski definition) is 3. The maximum atomic E-state index is 12.1. The van der Waals surface area contributed by atoms with Crippen LogP contribution in [0.15, 0.2) is 42.7 Å². The zero-order valence-corrected chi connectivity index (χ0v) is 12.0. The Balaban J connectivity index is 1.65. The summed E-state index contributed by atoms with van der Waals surface area (Å²) in [7, 11) is 0. The number of anilines is 1. The molecule has 2 N–H and O–H groups in total. The largest absolute Gasteiger partial charge is 0.326 e. The minimum atomic E-state index is 0.0716. The number of carbonyl (C=O) groups is 1. The van der Waals surface area contributed by atoms with Gasteiger partial charge >= 0.3 is 0 Å². The fraction of sp³-hybridized carbons (Fsp3) is 0.375. The second-order valence-electron chi connectivity index (χ2n) is 5.41. The summed E-state index contributed by atoms with van der Waals surface area (Å²) in [5.41, 5.74) is 1.94. The zero-order chi connectivity index (χ0) is 14.5. The summed E-state index contributed by atoms with van der Waals surface area (Å²) in [4.78, 5) is 12.1. The lowest BCUT2D eigenvalue weighted by Crippen LogP contribution is -2.27. The minimum Gasteiger partial charge on any atom is -0.326 e. The molecule has 1 aliphatic heterocycles. The molecule has 1 amide bonds. The Bertz CT molecular complexity index is 588. The van der Waals surface area contributed by atoms with Gasteiger partial charge in [0.05, 0.1) is 6.54 Å². The van der Waals surface area contributed by atoms with Crippen molar-refractivity contribution in [1.82, 2.24) is 15.1 Å². The van der Waals surface area contributed by atoms with E-state index >= 15 is 0 Å². The Hall–Kier alpha value is -2.14. The van der Waals surface area contributed by atoms with E-state index < -0.39 is 0 Å². The Labute approximate surface area is 124 Å². The molecule has 0 bridgehead atoms. The van der Waals surface area contributed by atoms with Crippen molar-refractivity contribution < 1.29 is 4.79 Å². The van der Waals surface area contributed by atoms with Gasteiger partial charge in [-0.2, -0.15) is 5.10 Å². The second kappa shape index (κ2) is 6.54. The first-order chi connectivity index (χ1) is 10.3. The van der Waals surface area contributed by atoms with Crippen LogP contribution in [-0.2, 0) is 11.3 Å². The highest BCUT2D eigenvalue weighted by atomic mass is 16.1. The maximum absolute atomic E-state index is 12.1. The molecule has 1 aliphatic rings. The van der Waals surface area contributed by atoms with Crippen LogP contribution in [-0.4, -0.2) is 28.3 Å². The van der Waals surface area contributed by atoms with Crippen molar-refractivity contribution in [1.29, 1.82) is 0 Å². The third-order valence-corrected chi connectivity index (χ3v) is 3.78. The van der Waals surface area contributed by atoms with Gasteiger partial charge in [0, 0.05) is 30.5 Å². The van der Waals surface area contributed by atoms with Gasteiger partial charge in [-0.1, -0.05) is 18.2 Å². The molecular formula is C16H20N4O. The highest BCUT2D eigenvalue weighted by Crippen LogP contribution is 2.17. The van der Waals surface area contributed by atoms with Crippen LogP contribution in [0.3, 0.4) is 0 Å². The van der Waals surface area contributed by atoms with E-state index in [1.54, 1.807) is 6.20 Å². The first kappa shape index (κ1) is 13.8. The molecule has 1 unspecified atom stereocenters. The molecule has 110 valence electrons. The summed E-state index contributed by atoms with van der Waals surface area (Å²) in [6, 6.07) is 10.1. The molecule has 1 atom stereocenters.